The molecule has 64 valence electrons. The lowest BCUT2D eigenvalue weighted by Gasteiger charge is -2.41. The lowest BCUT2D eigenvalue weighted by Crippen LogP contribution is -2.52. The van der Waals surface area contributed by atoms with Gasteiger partial charge in [-0.05, 0) is 38.6 Å². The Kier molecular flexibility index (Phi) is 2.14. The molecular formula is C9H17NO. The minimum atomic E-state index is 0.108. The molecule has 1 saturated carbocycles. The van der Waals surface area contributed by atoms with Crippen LogP contribution in [0.25, 0.3) is 0 Å². The number of ether oxygens (including phenoxy) is 1. The fourth-order valence-electron chi connectivity index (χ4n) is 2.15. The molecule has 0 atom stereocenters. The van der Waals surface area contributed by atoms with Crippen LogP contribution in [0.15, 0.2) is 0 Å². The van der Waals surface area contributed by atoms with Gasteiger partial charge in [0.05, 0.1) is 6.61 Å². The van der Waals surface area contributed by atoms with E-state index in [1.54, 1.807) is 0 Å². The van der Waals surface area contributed by atoms with Gasteiger partial charge in [-0.25, -0.2) is 0 Å². The smallest absolute Gasteiger partial charge is 0.119 e. The third-order valence-electron chi connectivity index (χ3n) is 2.81. The van der Waals surface area contributed by atoms with E-state index in [-0.39, 0.29) is 5.72 Å². The second-order valence-corrected chi connectivity index (χ2v) is 3.68. The average molecular weight is 155 g/mol. The van der Waals surface area contributed by atoms with Crippen LogP contribution < -0.4 is 5.32 Å². The normalized spacial score (nSPS) is 30.5. The Labute approximate surface area is 68.3 Å². The van der Waals surface area contributed by atoms with E-state index < -0.39 is 0 Å². The van der Waals surface area contributed by atoms with Gasteiger partial charge in [-0.3, -0.25) is 5.32 Å². The van der Waals surface area contributed by atoms with Crippen molar-refractivity contribution in [1.29, 1.82) is 0 Å². The van der Waals surface area contributed by atoms with Crippen molar-refractivity contribution in [2.75, 3.05) is 13.2 Å². The maximum absolute atomic E-state index is 5.80. The summed E-state index contributed by atoms with van der Waals surface area (Å²) >= 11 is 0. The van der Waals surface area contributed by atoms with Crippen molar-refractivity contribution in [2.45, 2.75) is 44.2 Å². The zero-order chi connectivity index (χ0) is 7.57. The SMILES string of the molecule is C1CCC2(CC1)NCCCO2. The molecule has 2 nitrogen and oxygen atoms in total. The van der Waals surface area contributed by atoms with Crippen molar-refractivity contribution < 1.29 is 4.74 Å². The molecule has 11 heavy (non-hydrogen) atoms. The van der Waals surface area contributed by atoms with E-state index in [0.717, 1.165) is 13.2 Å². The topological polar surface area (TPSA) is 21.3 Å². The largest absolute Gasteiger partial charge is 0.361 e. The van der Waals surface area contributed by atoms with Gasteiger partial charge < -0.3 is 4.74 Å². The maximum Gasteiger partial charge on any atom is 0.119 e. The maximum atomic E-state index is 5.80. The van der Waals surface area contributed by atoms with Gasteiger partial charge in [-0.2, -0.15) is 0 Å². The van der Waals surface area contributed by atoms with Crippen LogP contribution in [-0.4, -0.2) is 18.9 Å². The highest BCUT2D eigenvalue weighted by Crippen LogP contribution is 2.30. The first-order chi connectivity index (χ1) is 5.41. The Balaban J connectivity index is 1.94. The van der Waals surface area contributed by atoms with Crippen LogP contribution in [0.4, 0.5) is 0 Å². The number of hydrogen-bond acceptors (Lipinski definition) is 2. The molecule has 1 N–H and O–H groups in total. The number of hydrogen-bond donors (Lipinski definition) is 1. The Hall–Kier alpha value is -0.0800. The molecule has 0 amide bonds. The molecule has 0 radical (unpaired) electrons. The second kappa shape index (κ2) is 3.11. The van der Waals surface area contributed by atoms with Crippen molar-refractivity contribution in [3.05, 3.63) is 0 Å². The first-order valence-electron chi connectivity index (χ1n) is 4.80. The summed E-state index contributed by atoms with van der Waals surface area (Å²) in [7, 11) is 0. The number of nitrogens with one attached hydrogen (secondary N) is 1. The van der Waals surface area contributed by atoms with E-state index >= 15 is 0 Å². The Bertz CT molecular complexity index is 104. The van der Waals surface area contributed by atoms with Crippen molar-refractivity contribution in [1.82, 2.24) is 5.32 Å². The average Bonchev–Trinajstić information content (AvgIpc) is 2.07. The molecule has 1 aliphatic carbocycles. The van der Waals surface area contributed by atoms with Crippen LogP contribution in [0.3, 0.4) is 0 Å². The van der Waals surface area contributed by atoms with Crippen LogP contribution in [0, 0.1) is 0 Å². The molecule has 0 aromatic heterocycles. The van der Waals surface area contributed by atoms with Crippen molar-refractivity contribution >= 4 is 0 Å². The van der Waals surface area contributed by atoms with Gasteiger partial charge in [0.2, 0.25) is 0 Å². The van der Waals surface area contributed by atoms with Crippen molar-refractivity contribution in [3.8, 4) is 0 Å². The summed E-state index contributed by atoms with van der Waals surface area (Å²) in [5, 5.41) is 3.51. The molecule has 2 fully saturated rings. The molecule has 0 unspecified atom stereocenters. The highest BCUT2D eigenvalue weighted by Gasteiger charge is 2.33. The van der Waals surface area contributed by atoms with Gasteiger partial charge in [0, 0.05) is 0 Å². The van der Waals surface area contributed by atoms with Crippen LogP contribution in [0.1, 0.15) is 38.5 Å². The predicted molar refractivity (Wildman–Crippen MR) is 44.4 cm³/mol. The molecule has 1 aliphatic heterocycles. The fourth-order valence-corrected chi connectivity index (χ4v) is 2.15. The molecule has 1 heterocycles. The van der Waals surface area contributed by atoms with Gasteiger partial charge in [0.15, 0.2) is 0 Å². The molecule has 0 bridgehead atoms. The first kappa shape index (κ1) is 7.56. The van der Waals surface area contributed by atoms with E-state index in [1.807, 2.05) is 0 Å². The third-order valence-corrected chi connectivity index (χ3v) is 2.81. The minimum absolute atomic E-state index is 0.108. The Morgan fingerprint density at radius 1 is 1.00 bits per heavy atom. The molecule has 1 saturated heterocycles. The van der Waals surface area contributed by atoms with Crippen LogP contribution >= 0.6 is 0 Å². The summed E-state index contributed by atoms with van der Waals surface area (Å²) in [6, 6.07) is 0. The predicted octanol–water partition coefficient (Wildman–Crippen LogP) is 1.66. The van der Waals surface area contributed by atoms with Gasteiger partial charge >= 0.3 is 0 Å². The monoisotopic (exact) mass is 155 g/mol. The van der Waals surface area contributed by atoms with Gasteiger partial charge in [-0.1, -0.05) is 6.42 Å². The van der Waals surface area contributed by atoms with Gasteiger partial charge in [-0.15, -0.1) is 0 Å². The van der Waals surface area contributed by atoms with Crippen LogP contribution in [-0.2, 0) is 4.74 Å². The zero-order valence-electron chi connectivity index (χ0n) is 7.07. The van der Waals surface area contributed by atoms with Crippen LogP contribution in [0.5, 0.6) is 0 Å². The standard InChI is InChI=1S/C9H17NO/c1-2-5-9(6-3-1)10-7-4-8-11-9/h10H,1-8H2. The second-order valence-electron chi connectivity index (χ2n) is 3.68. The third kappa shape index (κ3) is 1.57. The highest BCUT2D eigenvalue weighted by atomic mass is 16.5. The Morgan fingerprint density at radius 2 is 1.82 bits per heavy atom. The summed E-state index contributed by atoms with van der Waals surface area (Å²) in [6.07, 6.45) is 7.72. The molecule has 2 heteroatoms. The van der Waals surface area contributed by atoms with Crippen LogP contribution in [0.2, 0.25) is 0 Å². The molecular weight excluding hydrogens is 138 g/mol. The molecule has 2 aliphatic rings. The summed E-state index contributed by atoms with van der Waals surface area (Å²) in [5.74, 6) is 0. The quantitative estimate of drug-likeness (QED) is 0.574. The summed E-state index contributed by atoms with van der Waals surface area (Å²) in [5.41, 5.74) is 0.108. The van der Waals surface area contributed by atoms with E-state index in [0.29, 0.717) is 0 Å². The fraction of sp³-hybridized carbons (Fsp3) is 1.00. The first-order valence-corrected chi connectivity index (χ1v) is 4.80. The van der Waals surface area contributed by atoms with E-state index in [4.69, 9.17) is 4.74 Å². The number of rotatable bonds is 0. The molecule has 0 aromatic carbocycles. The Morgan fingerprint density at radius 3 is 2.45 bits per heavy atom. The molecule has 2 rings (SSSR count). The van der Waals surface area contributed by atoms with Crippen molar-refractivity contribution in [3.63, 3.8) is 0 Å². The summed E-state index contributed by atoms with van der Waals surface area (Å²) in [4.78, 5) is 0. The zero-order valence-corrected chi connectivity index (χ0v) is 7.07. The van der Waals surface area contributed by atoms with Crippen molar-refractivity contribution in [2.24, 2.45) is 0 Å². The summed E-state index contributed by atoms with van der Waals surface area (Å²) < 4.78 is 5.80. The van der Waals surface area contributed by atoms with Gasteiger partial charge in [0.25, 0.3) is 0 Å². The minimum Gasteiger partial charge on any atom is -0.361 e. The highest BCUT2D eigenvalue weighted by molar-refractivity contribution is 4.84. The van der Waals surface area contributed by atoms with Gasteiger partial charge in [0.1, 0.15) is 5.72 Å². The lowest BCUT2D eigenvalue weighted by molar-refractivity contribution is -0.116. The lowest BCUT2D eigenvalue weighted by atomic mass is 9.91. The molecule has 0 aromatic rings. The van der Waals surface area contributed by atoms with E-state index in [2.05, 4.69) is 5.32 Å². The summed E-state index contributed by atoms with van der Waals surface area (Å²) in [6.45, 7) is 2.12. The molecule has 1 spiro atoms. The van der Waals surface area contributed by atoms with E-state index in [9.17, 15) is 0 Å². The van der Waals surface area contributed by atoms with E-state index in [1.165, 1.54) is 38.5 Å².